The third kappa shape index (κ3) is 1.96. The normalized spacial score (nSPS) is 18.8. The second-order valence-electron chi connectivity index (χ2n) is 4.91. The van der Waals surface area contributed by atoms with Crippen LogP contribution >= 0.6 is 15.9 Å². The van der Waals surface area contributed by atoms with Crippen molar-refractivity contribution in [3.8, 4) is 0 Å². The van der Waals surface area contributed by atoms with Gasteiger partial charge in [0.15, 0.2) is 0 Å². The minimum absolute atomic E-state index is 0.292. The van der Waals surface area contributed by atoms with E-state index in [1.165, 1.54) is 5.56 Å². The van der Waals surface area contributed by atoms with Crippen molar-refractivity contribution in [2.45, 2.75) is 26.4 Å². The van der Waals surface area contributed by atoms with E-state index in [2.05, 4.69) is 39.7 Å². The number of aromatic nitrogens is 1. The largest absolute Gasteiger partial charge is 0.386 e. The molecule has 1 N–H and O–H groups in total. The van der Waals surface area contributed by atoms with Gasteiger partial charge in [0.25, 0.3) is 0 Å². The molecule has 1 aromatic heterocycles. The Morgan fingerprint density at radius 1 is 1.50 bits per heavy atom. The molecule has 0 aromatic carbocycles. The number of halogens is 1. The summed E-state index contributed by atoms with van der Waals surface area (Å²) in [5.74, 6) is 1.24. The van der Waals surface area contributed by atoms with Crippen molar-refractivity contribution in [1.82, 2.24) is 4.98 Å². The summed E-state index contributed by atoms with van der Waals surface area (Å²) in [7, 11) is 0. The standard InChI is InChI=1S/C12H17BrN2O/c1-8(2)12(16)6-15(7-12)11-4-9(3)10(13)5-14-11/h4-5,8,16H,6-7H2,1-3H3. The summed E-state index contributed by atoms with van der Waals surface area (Å²) >= 11 is 3.43. The number of rotatable bonds is 2. The molecular weight excluding hydrogens is 268 g/mol. The molecule has 16 heavy (non-hydrogen) atoms. The fourth-order valence-corrected chi connectivity index (χ4v) is 2.06. The fraction of sp³-hybridized carbons (Fsp3) is 0.583. The molecule has 1 aromatic rings. The van der Waals surface area contributed by atoms with Crippen LogP contribution in [0.2, 0.25) is 0 Å². The molecule has 4 heteroatoms. The van der Waals surface area contributed by atoms with E-state index in [-0.39, 0.29) is 0 Å². The zero-order valence-corrected chi connectivity index (χ0v) is 11.5. The Kier molecular flexibility index (Phi) is 2.97. The van der Waals surface area contributed by atoms with Crippen molar-refractivity contribution < 1.29 is 5.11 Å². The molecule has 0 saturated carbocycles. The second-order valence-corrected chi connectivity index (χ2v) is 5.76. The summed E-state index contributed by atoms with van der Waals surface area (Å²) in [6.45, 7) is 7.51. The first-order valence-corrected chi connectivity index (χ1v) is 6.31. The van der Waals surface area contributed by atoms with Gasteiger partial charge in [-0.3, -0.25) is 0 Å². The number of anilines is 1. The van der Waals surface area contributed by atoms with E-state index in [0.29, 0.717) is 19.0 Å². The van der Waals surface area contributed by atoms with Crippen LogP contribution in [0.4, 0.5) is 5.82 Å². The zero-order valence-electron chi connectivity index (χ0n) is 9.87. The third-order valence-corrected chi connectivity index (χ3v) is 4.19. The molecule has 0 atom stereocenters. The quantitative estimate of drug-likeness (QED) is 0.906. The highest BCUT2D eigenvalue weighted by Crippen LogP contribution is 2.32. The number of aryl methyl sites for hydroxylation is 1. The van der Waals surface area contributed by atoms with Crippen LogP contribution in [-0.2, 0) is 0 Å². The Balaban J connectivity index is 2.09. The molecule has 0 unspecified atom stereocenters. The lowest BCUT2D eigenvalue weighted by molar-refractivity contribution is -0.0304. The molecule has 1 saturated heterocycles. The highest BCUT2D eigenvalue weighted by atomic mass is 79.9. The molecule has 1 aliphatic rings. The Morgan fingerprint density at radius 2 is 2.12 bits per heavy atom. The van der Waals surface area contributed by atoms with Crippen LogP contribution in [0.1, 0.15) is 19.4 Å². The molecule has 0 aliphatic carbocycles. The van der Waals surface area contributed by atoms with E-state index < -0.39 is 5.60 Å². The average Bonchev–Trinajstić information content (AvgIpc) is 2.17. The summed E-state index contributed by atoms with van der Waals surface area (Å²) in [5.41, 5.74) is 0.632. The maximum absolute atomic E-state index is 10.2. The van der Waals surface area contributed by atoms with E-state index >= 15 is 0 Å². The fourth-order valence-electron chi connectivity index (χ4n) is 1.84. The highest BCUT2D eigenvalue weighted by Gasteiger charge is 2.44. The van der Waals surface area contributed by atoms with Crippen LogP contribution in [0.5, 0.6) is 0 Å². The van der Waals surface area contributed by atoms with Gasteiger partial charge in [0.1, 0.15) is 11.4 Å². The van der Waals surface area contributed by atoms with Crippen LogP contribution in [0.25, 0.3) is 0 Å². The lowest BCUT2D eigenvalue weighted by atomic mass is 9.83. The van der Waals surface area contributed by atoms with E-state index in [1.54, 1.807) is 0 Å². The minimum Gasteiger partial charge on any atom is -0.386 e. The van der Waals surface area contributed by atoms with Crippen LogP contribution in [0.3, 0.4) is 0 Å². The van der Waals surface area contributed by atoms with E-state index in [0.717, 1.165) is 10.3 Å². The molecule has 0 amide bonds. The molecule has 0 radical (unpaired) electrons. The summed E-state index contributed by atoms with van der Waals surface area (Å²) in [6.07, 6.45) is 1.82. The molecule has 2 heterocycles. The summed E-state index contributed by atoms with van der Waals surface area (Å²) in [4.78, 5) is 6.46. The first-order chi connectivity index (χ1) is 7.42. The first kappa shape index (κ1) is 11.9. The van der Waals surface area contributed by atoms with E-state index in [9.17, 15) is 5.11 Å². The number of hydrogen-bond acceptors (Lipinski definition) is 3. The highest BCUT2D eigenvalue weighted by molar-refractivity contribution is 9.10. The molecule has 3 nitrogen and oxygen atoms in total. The molecular formula is C12H17BrN2O. The molecule has 1 aliphatic heterocycles. The maximum atomic E-state index is 10.2. The SMILES string of the molecule is Cc1cc(N2CC(O)(C(C)C)C2)ncc1Br. The van der Waals surface area contributed by atoms with Gasteiger partial charge in [0, 0.05) is 10.7 Å². The van der Waals surface area contributed by atoms with Gasteiger partial charge in [-0.1, -0.05) is 13.8 Å². The maximum Gasteiger partial charge on any atom is 0.129 e. The topological polar surface area (TPSA) is 36.4 Å². The van der Waals surface area contributed by atoms with Gasteiger partial charge in [0.05, 0.1) is 13.1 Å². The Hall–Kier alpha value is -0.610. The lowest BCUT2D eigenvalue weighted by Crippen LogP contribution is -2.65. The lowest BCUT2D eigenvalue weighted by Gasteiger charge is -2.49. The van der Waals surface area contributed by atoms with Crippen LogP contribution in [0, 0.1) is 12.8 Å². The van der Waals surface area contributed by atoms with Crippen molar-refractivity contribution in [2.24, 2.45) is 5.92 Å². The Labute approximate surface area is 105 Å². The molecule has 2 rings (SSSR count). The Morgan fingerprint density at radius 3 is 2.62 bits per heavy atom. The van der Waals surface area contributed by atoms with Gasteiger partial charge in [-0.05, 0) is 40.4 Å². The van der Waals surface area contributed by atoms with Crippen LogP contribution < -0.4 is 4.90 Å². The van der Waals surface area contributed by atoms with Crippen LogP contribution in [0.15, 0.2) is 16.7 Å². The monoisotopic (exact) mass is 284 g/mol. The van der Waals surface area contributed by atoms with Crippen molar-refractivity contribution in [3.05, 3.63) is 22.3 Å². The van der Waals surface area contributed by atoms with E-state index in [4.69, 9.17) is 0 Å². The van der Waals surface area contributed by atoms with Gasteiger partial charge in [-0.15, -0.1) is 0 Å². The van der Waals surface area contributed by atoms with Crippen molar-refractivity contribution >= 4 is 21.7 Å². The molecule has 0 spiro atoms. The van der Waals surface area contributed by atoms with Crippen molar-refractivity contribution in [2.75, 3.05) is 18.0 Å². The molecule has 88 valence electrons. The molecule has 1 fully saturated rings. The van der Waals surface area contributed by atoms with Crippen LogP contribution in [-0.4, -0.2) is 28.8 Å². The number of β-amino-alcohol motifs (C(OH)–C–C–N with tert-alkyl or cyclic N) is 1. The van der Waals surface area contributed by atoms with Gasteiger partial charge >= 0.3 is 0 Å². The summed E-state index contributed by atoms with van der Waals surface area (Å²) in [5, 5.41) is 10.2. The first-order valence-electron chi connectivity index (χ1n) is 5.52. The third-order valence-electron chi connectivity index (χ3n) is 3.36. The summed E-state index contributed by atoms with van der Waals surface area (Å²) < 4.78 is 1.02. The smallest absolute Gasteiger partial charge is 0.129 e. The van der Waals surface area contributed by atoms with E-state index in [1.807, 2.05) is 19.2 Å². The van der Waals surface area contributed by atoms with Gasteiger partial charge in [0.2, 0.25) is 0 Å². The predicted molar refractivity (Wildman–Crippen MR) is 68.7 cm³/mol. The Bertz CT molecular complexity index is 400. The minimum atomic E-state index is -0.539. The molecule has 0 bridgehead atoms. The van der Waals surface area contributed by atoms with Gasteiger partial charge in [-0.25, -0.2) is 4.98 Å². The van der Waals surface area contributed by atoms with Crippen molar-refractivity contribution in [3.63, 3.8) is 0 Å². The average molecular weight is 285 g/mol. The number of nitrogens with zero attached hydrogens (tertiary/aromatic N) is 2. The second kappa shape index (κ2) is 4.00. The predicted octanol–water partition coefficient (Wildman–Crippen LogP) is 2.36. The zero-order chi connectivity index (χ0) is 11.9. The summed E-state index contributed by atoms with van der Waals surface area (Å²) in [6, 6.07) is 2.05. The number of pyridine rings is 1. The van der Waals surface area contributed by atoms with Gasteiger partial charge in [-0.2, -0.15) is 0 Å². The number of aliphatic hydroxyl groups is 1. The van der Waals surface area contributed by atoms with Gasteiger partial charge < -0.3 is 10.0 Å². The number of hydrogen-bond donors (Lipinski definition) is 1. The van der Waals surface area contributed by atoms with Crippen molar-refractivity contribution in [1.29, 1.82) is 0 Å².